The largest absolute Gasteiger partial charge is 0.491 e. The van der Waals surface area contributed by atoms with E-state index in [-0.39, 0.29) is 19.0 Å². The third-order valence-corrected chi connectivity index (χ3v) is 3.34. The van der Waals surface area contributed by atoms with Crippen molar-refractivity contribution >= 4 is 0 Å². The summed E-state index contributed by atoms with van der Waals surface area (Å²) in [4.78, 5) is 11.8. The molecular weight excluding hydrogens is 334 g/mol. The Kier molecular flexibility index (Phi) is 4.90. The van der Waals surface area contributed by atoms with Gasteiger partial charge in [-0.25, -0.2) is 13.6 Å². The molecule has 1 aromatic heterocycles. The first kappa shape index (κ1) is 16.8. The lowest BCUT2D eigenvalue weighted by Gasteiger charge is -2.11. The first-order chi connectivity index (χ1) is 12.0. The van der Waals surface area contributed by atoms with Crippen molar-refractivity contribution < 1.29 is 23.0 Å². The molecule has 25 heavy (non-hydrogen) atoms. The summed E-state index contributed by atoms with van der Waals surface area (Å²) < 4.78 is 37.0. The Morgan fingerprint density at radius 1 is 1.08 bits per heavy atom. The third-order valence-electron chi connectivity index (χ3n) is 3.34. The second-order valence-corrected chi connectivity index (χ2v) is 5.28. The highest BCUT2D eigenvalue weighted by Crippen LogP contribution is 2.16. The number of aliphatic hydroxyl groups is 1. The summed E-state index contributed by atoms with van der Waals surface area (Å²) in [7, 11) is 0. The standard InChI is InChI=1S/C17H14F2N2O4/c18-12-3-1-11(2-4-12)16-20-21(17(23)25-16)9-14(22)10-24-15-7-5-13(19)6-8-15/h1-8,14,22H,9-10H2/t14-/m0/s1. The minimum atomic E-state index is -1.03. The Labute approximate surface area is 140 Å². The molecule has 8 heteroatoms. The summed E-state index contributed by atoms with van der Waals surface area (Å²) >= 11 is 0. The van der Waals surface area contributed by atoms with Gasteiger partial charge in [0.1, 0.15) is 30.1 Å². The van der Waals surface area contributed by atoms with Crippen LogP contribution in [0.3, 0.4) is 0 Å². The molecule has 0 amide bonds. The van der Waals surface area contributed by atoms with Gasteiger partial charge in [0.05, 0.1) is 6.54 Å². The molecule has 0 saturated heterocycles. The molecule has 0 bridgehead atoms. The van der Waals surface area contributed by atoms with Crippen molar-refractivity contribution in [3.63, 3.8) is 0 Å². The van der Waals surface area contributed by atoms with E-state index in [0.717, 1.165) is 4.68 Å². The number of aromatic nitrogens is 2. The number of ether oxygens (including phenoxy) is 1. The first-order valence-corrected chi connectivity index (χ1v) is 7.41. The summed E-state index contributed by atoms with van der Waals surface area (Å²) in [6.45, 7) is -0.262. The zero-order valence-corrected chi connectivity index (χ0v) is 12.9. The van der Waals surface area contributed by atoms with Gasteiger partial charge in [-0.2, -0.15) is 4.68 Å². The average Bonchev–Trinajstić information content (AvgIpc) is 2.95. The fourth-order valence-electron chi connectivity index (χ4n) is 2.11. The summed E-state index contributed by atoms with van der Waals surface area (Å²) in [5, 5.41) is 13.9. The summed E-state index contributed by atoms with van der Waals surface area (Å²) in [6.07, 6.45) is -1.03. The van der Waals surface area contributed by atoms with Crippen LogP contribution < -0.4 is 10.5 Å². The van der Waals surface area contributed by atoms with E-state index >= 15 is 0 Å². The highest BCUT2D eigenvalue weighted by molar-refractivity contribution is 5.51. The van der Waals surface area contributed by atoms with E-state index in [0.29, 0.717) is 11.3 Å². The normalized spacial score (nSPS) is 12.1. The van der Waals surface area contributed by atoms with E-state index in [1.807, 2.05) is 0 Å². The molecule has 2 aromatic carbocycles. The monoisotopic (exact) mass is 348 g/mol. The molecule has 6 nitrogen and oxygen atoms in total. The molecule has 0 aliphatic rings. The Morgan fingerprint density at radius 2 is 1.68 bits per heavy atom. The summed E-state index contributed by atoms with van der Waals surface area (Å²) in [5.74, 6) is -1.15. The molecule has 130 valence electrons. The predicted octanol–water partition coefficient (Wildman–Crippen LogP) is 2.22. The zero-order chi connectivity index (χ0) is 17.8. The molecule has 0 aliphatic heterocycles. The number of hydrogen-bond acceptors (Lipinski definition) is 5. The van der Waals surface area contributed by atoms with Crippen LogP contribution in [0.2, 0.25) is 0 Å². The molecule has 0 saturated carbocycles. The molecule has 1 N–H and O–H groups in total. The number of hydrogen-bond donors (Lipinski definition) is 1. The number of nitrogens with zero attached hydrogens (tertiary/aromatic N) is 2. The van der Waals surface area contributed by atoms with Crippen molar-refractivity contribution in [3.05, 3.63) is 70.7 Å². The second kappa shape index (κ2) is 7.27. The van der Waals surface area contributed by atoms with E-state index in [4.69, 9.17) is 9.15 Å². The van der Waals surface area contributed by atoms with Crippen LogP contribution in [0, 0.1) is 11.6 Å². The molecule has 1 heterocycles. The van der Waals surface area contributed by atoms with E-state index in [1.165, 1.54) is 48.5 Å². The highest BCUT2D eigenvalue weighted by atomic mass is 19.1. The van der Waals surface area contributed by atoms with Crippen LogP contribution in [0.4, 0.5) is 8.78 Å². The van der Waals surface area contributed by atoms with Crippen molar-refractivity contribution in [3.8, 4) is 17.2 Å². The maximum absolute atomic E-state index is 12.9. The summed E-state index contributed by atoms with van der Waals surface area (Å²) in [6, 6.07) is 10.6. The van der Waals surface area contributed by atoms with Gasteiger partial charge in [-0.3, -0.25) is 0 Å². The topological polar surface area (TPSA) is 77.5 Å². The molecule has 3 aromatic rings. The first-order valence-electron chi connectivity index (χ1n) is 7.41. The van der Waals surface area contributed by atoms with E-state index < -0.39 is 23.5 Å². The second-order valence-electron chi connectivity index (χ2n) is 5.28. The van der Waals surface area contributed by atoms with Gasteiger partial charge in [0.25, 0.3) is 0 Å². The van der Waals surface area contributed by atoms with Gasteiger partial charge in [0.15, 0.2) is 0 Å². The van der Waals surface area contributed by atoms with Crippen LogP contribution in [0.5, 0.6) is 5.75 Å². The Hall–Kier alpha value is -3.00. The fourth-order valence-corrected chi connectivity index (χ4v) is 2.11. The van der Waals surface area contributed by atoms with Gasteiger partial charge in [-0.05, 0) is 48.5 Å². The van der Waals surface area contributed by atoms with E-state index in [2.05, 4.69) is 5.10 Å². The summed E-state index contributed by atoms with van der Waals surface area (Å²) in [5.41, 5.74) is 0.439. The molecule has 0 fully saturated rings. The fraction of sp³-hybridized carbons (Fsp3) is 0.176. The quantitative estimate of drug-likeness (QED) is 0.739. The van der Waals surface area contributed by atoms with Gasteiger partial charge in [-0.1, -0.05) is 0 Å². The van der Waals surface area contributed by atoms with Gasteiger partial charge in [-0.15, -0.1) is 5.10 Å². The van der Waals surface area contributed by atoms with Crippen molar-refractivity contribution in [1.82, 2.24) is 9.78 Å². The Bertz CT molecular complexity index is 888. The number of aliphatic hydroxyl groups excluding tert-OH is 1. The zero-order valence-electron chi connectivity index (χ0n) is 12.9. The number of benzene rings is 2. The van der Waals surface area contributed by atoms with Crippen molar-refractivity contribution in [1.29, 1.82) is 0 Å². The van der Waals surface area contributed by atoms with E-state index in [9.17, 15) is 18.7 Å². The molecular formula is C17H14F2N2O4. The maximum atomic E-state index is 12.9. The number of rotatable bonds is 6. The lowest BCUT2D eigenvalue weighted by molar-refractivity contribution is 0.0875. The Morgan fingerprint density at radius 3 is 2.32 bits per heavy atom. The SMILES string of the molecule is O=c1oc(-c2ccc(F)cc2)nn1C[C@H](O)COc1ccc(F)cc1. The minimum absolute atomic E-state index is 0.0247. The highest BCUT2D eigenvalue weighted by Gasteiger charge is 2.14. The molecule has 1 atom stereocenters. The third kappa shape index (κ3) is 4.30. The predicted molar refractivity (Wildman–Crippen MR) is 84.1 cm³/mol. The van der Waals surface area contributed by atoms with Crippen LogP contribution >= 0.6 is 0 Å². The number of halogens is 2. The maximum Gasteiger partial charge on any atom is 0.437 e. The van der Waals surface area contributed by atoms with Crippen LogP contribution in [-0.2, 0) is 6.54 Å². The van der Waals surface area contributed by atoms with Crippen LogP contribution in [0.25, 0.3) is 11.5 Å². The molecule has 0 radical (unpaired) electrons. The average molecular weight is 348 g/mol. The van der Waals surface area contributed by atoms with Crippen molar-refractivity contribution in [2.75, 3.05) is 6.61 Å². The van der Waals surface area contributed by atoms with Crippen molar-refractivity contribution in [2.24, 2.45) is 0 Å². The lowest BCUT2D eigenvalue weighted by Crippen LogP contribution is -2.29. The van der Waals surface area contributed by atoms with Gasteiger partial charge < -0.3 is 14.3 Å². The van der Waals surface area contributed by atoms with E-state index in [1.54, 1.807) is 0 Å². The molecule has 0 aliphatic carbocycles. The molecule has 3 rings (SSSR count). The minimum Gasteiger partial charge on any atom is -0.491 e. The van der Waals surface area contributed by atoms with Crippen LogP contribution in [0.15, 0.2) is 57.7 Å². The smallest absolute Gasteiger partial charge is 0.437 e. The van der Waals surface area contributed by atoms with Crippen molar-refractivity contribution in [2.45, 2.75) is 12.6 Å². The molecule has 0 spiro atoms. The van der Waals surface area contributed by atoms with Gasteiger partial charge in [0.2, 0.25) is 5.89 Å². The van der Waals surface area contributed by atoms with Gasteiger partial charge >= 0.3 is 5.76 Å². The lowest BCUT2D eigenvalue weighted by atomic mass is 10.2. The van der Waals surface area contributed by atoms with Gasteiger partial charge in [0, 0.05) is 5.56 Å². The van der Waals surface area contributed by atoms with Crippen LogP contribution in [-0.4, -0.2) is 27.6 Å². The molecule has 0 unspecified atom stereocenters. The Balaban J connectivity index is 1.63. The van der Waals surface area contributed by atoms with Crippen LogP contribution in [0.1, 0.15) is 0 Å².